The van der Waals surface area contributed by atoms with Gasteiger partial charge in [0, 0.05) is 19.8 Å². The van der Waals surface area contributed by atoms with Crippen molar-refractivity contribution in [1.82, 2.24) is 0 Å². The minimum Gasteiger partial charge on any atom is -0.378 e. The van der Waals surface area contributed by atoms with Gasteiger partial charge in [-0.15, -0.1) is 0 Å². The third kappa shape index (κ3) is 5.12. The minimum atomic E-state index is 0.697. The summed E-state index contributed by atoms with van der Waals surface area (Å²) >= 11 is 0. The molecule has 0 fully saturated rings. The Bertz CT molecular complexity index is 313. The normalized spacial score (nSPS) is 12.4. The molecule has 0 N–H and O–H groups in total. The Morgan fingerprint density at radius 3 is 2.11 bits per heavy atom. The number of hydrogen-bond acceptors (Lipinski definition) is 1. The second kappa shape index (κ2) is 8.18. The van der Waals surface area contributed by atoms with Crippen molar-refractivity contribution < 1.29 is 0 Å². The zero-order valence-electron chi connectivity index (χ0n) is 12.6. The minimum absolute atomic E-state index is 0.697. The summed E-state index contributed by atoms with van der Waals surface area (Å²) < 4.78 is 0. The molecule has 1 heteroatoms. The van der Waals surface area contributed by atoms with Crippen molar-refractivity contribution in [2.45, 2.75) is 58.3 Å². The first-order chi connectivity index (χ1) is 8.65. The molecule has 0 saturated heterocycles. The van der Waals surface area contributed by atoms with E-state index in [4.69, 9.17) is 0 Å². The molecule has 0 aromatic heterocycles. The monoisotopic (exact) mass is 247 g/mol. The van der Waals surface area contributed by atoms with Crippen LogP contribution in [0, 0.1) is 0 Å². The van der Waals surface area contributed by atoms with Gasteiger partial charge in [-0.05, 0) is 30.0 Å². The molecule has 18 heavy (non-hydrogen) atoms. The van der Waals surface area contributed by atoms with Gasteiger partial charge in [0.1, 0.15) is 0 Å². The van der Waals surface area contributed by atoms with E-state index in [1.54, 1.807) is 0 Å². The van der Waals surface area contributed by atoms with E-state index >= 15 is 0 Å². The molecule has 1 nitrogen and oxygen atoms in total. The number of nitrogens with zero attached hydrogens (tertiary/aromatic N) is 1. The lowest BCUT2D eigenvalue weighted by Gasteiger charge is -2.15. The van der Waals surface area contributed by atoms with E-state index in [-0.39, 0.29) is 0 Å². The molecular weight excluding hydrogens is 218 g/mol. The lowest BCUT2D eigenvalue weighted by Crippen LogP contribution is -2.08. The third-order valence-corrected chi connectivity index (χ3v) is 3.72. The molecule has 1 atom stereocenters. The summed E-state index contributed by atoms with van der Waals surface area (Å²) in [5.41, 5.74) is 2.77. The SMILES string of the molecule is CCCCCCCC(C)c1ccc(N(C)C)cc1. The standard InChI is InChI=1S/C17H29N/c1-5-6-7-8-9-10-15(2)16-11-13-17(14-12-16)18(3)4/h11-15H,5-10H2,1-4H3. The molecule has 0 heterocycles. The number of anilines is 1. The van der Waals surface area contributed by atoms with Gasteiger partial charge in [0.05, 0.1) is 0 Å². The summed E-state index contributed by atoms with van der Waals surface area (Å²) in [6.07, 6.45) is 8.23. The average molecular weight is 247 g/mol. The van der Waals surface area contributed by atoms with E-state index < -0.39 is 0 Å². The summed E-state index contributed by atoms with van der Waals surface area (Å²) in [6, 6.07) is 9.02. The Balaban J connectivity index is 2.34. The number of unbranched alkanes of at least 4 members (excludes halogenated alkanes) is 4. The Morgan fingerprint density at radius 1 is 0.944 bits per heavy atom. The van der Waals surface area contributed by atoms with Gasteiger partial charge in [0.2, 0.25) is 0 Å². The van der Waals surface area contributed by atoms with Crippen molar-refractivity contribution >= 4 is 5.69 Å². The molecule has 0 bridgehead atoms. The summed E-state index contributed by atoms with van der Waals surface area (Å²) in [5.74, 6) is 0.697. The highest BCUT2D eigenvalue weighted by molar-refractivity contribution is 5.46. The molecule has 102 valence electrons. The predicted octanol–water partition coefficient (Wildman–Crippen LogP) is 5.22. The van der Waals surface area contributed by atoms with E-state index in [0.29, 0.717) is 5.92 Å². The molecule has 1 aromatic rings. The van der Waals surface area contributed by atoms with E-state index in [1.807, 2.05) is 0 Å². The van der Waals surface area contributed by atoms with Crippen LogP contribution in [0.4, 0.5) is 5.69 Å². The summed E-state index contributed by atoms with van der Waals surface area (Å²) in [5, 5.41) is 0. The number of hydrogen-bond donors (Lipinski definition) is 0. The fourth-order valence-electron chi connectivity index (χ4n) is 2.32. The molecule has 0 radical (unpaired) electrons. The van der Waals surface area contributed by atoms with Crippen molar-refractivity contribution in [3.63, 3.8) is 0 Å². The summed E-state index contributed by atoms with van der Waals surface area (Å²) in [7, 11) is 4.18. The van der Waals surface area contributed by atoms with Crippen LogP contribution in [0.5, 0.6) is 0 Å². The van der Waals surface area contributed by atoms with Gasteiger partial charge in [-0.2, -0.15) is 0 Å². The Labute approximate surface area is 113 Å². The van der Waals surface area contributed by atoms with E-state index in [9.17, 15) is 0 Å². The van der Waals surface area contributed by atoms with Crippen molar-refractivity contribution in [3.8, 4) is 0 Å². The van der Waals surface area contributed by atoms with Crippen LogP contribution in [0.3, 0.4) is 0 Å². The quantitative estimate of drug-likeness (QED) is 0.569. The predicted molar refractivity (Wildman–Crippen MR) is 82.6 cm³/mol. The van der Waals surface area contributed by atoms with Gasteiger partial charge < -0.3 is 4.90 Å². The second-order valence-corrected chi connectivity index (χ2v) is 5.59. The maximum absolute atomic E-state index is 2.35. The number of rotatable bonds is 8. The second-order valence-electron chi connectivity index (χ2n) is 5.59. The Kier molecular flexibility index (Phi) is 6.85. The van der Waals surface area contributed by atoms with E-state index in [2.05, 4.69) is 57.1 Å². The third-order valence-electron chi connectivity index (χ3n) is 3.72. The highest BCUT2D eigenvalue weighted by atomic mass is 15.1. The van der Waals surface area contributed by atoms with E-state index in [1.165, 1.54) is 49.8 Å². The van der Waals surface area contributed by atoms with Crippen LogP contribution in [0.1, 0.15) is 63.9 Å². The molecule has 0 aliphatic rings. The van der Waals surface area contributed by atoms with Gasteiger partial charge in [0.15, 0.2) is 0 Å². The van der Waals surface area contributed by atoms with Crippen molar-refractivity contribution in [3.05, 3.63) is 29.8 Å². The molecule has 1 unspecified atom stereocenters. The molecule has 0 amide bonds. The molecule has 1 rings (SSSR count). The smallest absolute Gasteiger partial charge is 0.0361 e. The highest BCUT2D eigenvalue weighted by Crippen LogP contribution is 2.24. The average Bonchev–Trinajstić information content (AvgIpc) is 2.38. The lowest BCUT2D eigenvalue weighted by molar-refractivity contribution is 0.567. The Morgan fingerprint density at radius 2 is 1.56 bits per heavy atom. The van der Waals surface area contributed by atoms with Crippen LogP contribution in [0.25, 0.3) is 0 Å². The highest BCUT2D eigenvalue weighted by Gasteiger charge is 2.05. The van der Waals surface area contributed by atoms with Gasteiger partial charge in [-0.3, -0.25) is 0 Å². The van der Waals surface area contributed by atoms with Crippen LogP contribution in [0.15, 0.2) is 24.3 Å². The van der Waals surface area contributed by atoms with Crippen LogP contribution < -0.4 is 4.90 Å². The zero-order chi connectivity index (χ0) is 13.4. The first kappa shape index (κ1) is 15.1. The summed E-state index contributed by atoms with van der Waals surface area (Å²) in [4.78, 5) is 2.15. The lowest BCUT2D eigenvalue weighted by atomic mass is 9.94. The van der Waals surface area contributed by atoms with Gasteiger partial charge in [-0.25, -0.2) is 0 Å². The zero-order valence-corrected chi connectivity index (χ0v) is 12.6. The van der Waals surface area contributed by atoms with Crippen LogP contribution in [-0.2, 0) is 0 Å². The van der Waals surface area contributed by atoms with Crippen LogP contribution >= 0.6 is 0 Å². The first-order valence-corrected chi connectivity index (χ1v) is 7.42. The maximum atomic E-state index is 2.35. The largest absolute Gasteiger partial charge is 0.378 e. The van der Waals surface area contributed by atoms with Crippen molar-refractivity contribution in [2.24, 2.45) is 0 Å². The van der Waals surface area contributed by atoms with E-state index in [0.717, 1.165) is 0 Å². The van der Waals surface area contributed by atoms with Gasteiger partial charge >= 0.3 is 0 Å². The fourth-order valence-corrected chi connectivity index (χ4v) is 2.32. The molecule has 0 spiro atoms. The van der Waals surface area contributed by atoms with Crippen LogP contribution in [-0.4, -0.2) is 14.1 Å². The molecule has 0 aliphatic carbocycles. The topological polar surface area (TPSA) is 3.24 Å². The van der Waals surface area contributed by atoms with Crippen molar-refractivity contribution in [2.75, 3.05) is 19.0 Å². The van der Waals surface area contributed by atoms with Gasteiger partial charge in [-0.1, -0.05) is 58.1 Å². The molecule has 1 aromatic carbocycles. The molecule has 0 saturated carbocycles. The number of benzene rings is 1. The van der Waals surface area contributed by atoms with Crippen LogP contribution in [0.2, 0.25) is 0 Å². The Hall–Kier alpha value is -0.980. The summed E-state index contributed by atoms with van der Waals surface area (Å²) in [6.45, 7) is 4.62. The first-order valence-electron chi connectivity index (χ1n) is 7.42. The van der Waals surface area contributed by atoms with Gasteiger partial charge in [0.25, 0.3) is 0 Å². The fraction of sp³-hybridized carbons (Fsp3) is 0.647. The molecule has 0 aliphatic heterocycles. The van der Waals surface area contributed by atoms with Crippen molar-refractivity contribution in [1.29, 1.82) is 0 Å². The molecular formula is C17H29N. The maximum Gasteiger partial charge on any atom is 0.0361 e.